The summed E-state index contributed by atoms with van der Waals surface area (Å²) in [4.78, 5) is 41.1. The second kappa shape index (κ2) is 9.48. The summed E-state index contributed by atoms with van der Waals surface area (Å²) in [6.45, 7) is 8.67. The highest BCUT2D eigenvalue weighted by atomic mass is 16.2. The Morgan fingerprint density at radius 1 is 1.14 bits per heavy atom. The number of carbonyl (C=O) groups is 3. The normalized spacial score (nSPS) is 20.1. The lowest BCUT2D eigenvalue weighted by atomic mass is 9.87. The number of nitrogens with one attached hydrogen (secondary N) is 1. The number of rotatable bonds is 8. The zero-order chi connectivity index (χ0) is 26.5. The third-order valence-corrected chi connectivity index (χ3v) is 7.92. The van der Waals surface area contributed by atoms with Gasteiger partial charge in [-0.05, 0) is 70.6 Å². The highest BCUT2D eigenvalue weighted by Gasteiger charge is 2.43. The molecule has 10 nitrogen and oxygen atoms in total. The Morgan fingerprint density at radius 3 is 2.46 bits per heavy atom. The number of primary amides is 2. The molecule has 2 fully saturated rings. The Labute approximate surface area is 217 Å². The smallest absolute Gasteiger partial charge is 0.258 e. The largest absolute Gasteiger partial charge is 0.382 e. The van der Waals surface area contributed by atoms with Crippen LogP contribution >= 0.6 is 0 Å². The monoisotopic (exact) mass is 507 g/mol. The molecule has 0 spiro atoms. The van der Waals surface area contributed by atoms with E-state index in [-0.39, 0.29) is 29.9 Å². The molecule has 0 atom stereocenters. The van der Waals surface area contributed by atoms with Crippen LogP contribution in [0, 0.1) is 12.8 Å². The average molecular weight is 508 g/mol. The fourth-order valence-electron chi connectivity index (χ4n) is 5.71. The first-order valence-corrected chi connectivity index (χ1v) is 13.2. The Hall–Kier alpha value is -3.40. The predicted octanol–water partition coefficient (Wildman–Crippen LogP) is 1.83. The summed E-state index contributed by atoms with van der Waals surface area (Å²) in [5, 5.41) is 8.28. The predicted molar refractivity (Wildman–Crippen MR) is 141 cm³/mol. The molecule has 1 aliphatic carbocycles. The fourth-order valence-corrected chi connectivity index (χ4v) is 5.71. The number of carbonyl (C=O) groups excluding carboxylic acids is 3. The molecule has 0 bridgehead atoms. The van der Waals surface area contributed by atoms with Crippen molar-refractivity contribution in [3.63, 3.8) is 0 Å². The highest BCUT2D eigenvalue weighted by molar-refractivity contribution is 5.99. The Kier molecular flexibility index (Phi) is 6.47. The number of fused-ring (bicyclic) bond motifs is 1. The zero-order valence-electron chi connectivity index (χ0n) is 21.9. The van der Waals surface area contributed by atoms with Crippen molar-refractivity contribution in [3.8, 4) is 5.69 Å². The molecule has 5 N–H and O–H groups in total. The minimum atomic E-state index is -0.508. The van der Waals surface area contributed by atoms with Crippen LogP contribution in [0.5, 0.6) is 0 Å². The molecule has 10 heteroatoms. The third-order valence-electron chi connectivity index (χ3n) is 7.92. The van der Waals surface area contributed by atoms with E-state index in [0.29, 0.717) is 34.8 Å². The number of piperidine rings is 1. The number of hydrogen-bond donors (Lipinski definition) is 3. The molecule has 0 radical (unpaired) electrons. The molecule has 2 aromatic rings. The number of aromatic nitrogens is 2. The molecule has 0 unspecified atom stereocenters. The topological polar surface area (TPSA) is 140 Å². The van der Waals surface area contributed by atoms with Gasteiger partial charge in [0.1, 0.15) is 0 Å². The summed E-state index contributed by atoms with van der Waals surface area (Å²) in [5.41, 5.74) is 14.9. The van der Waals surface area contributed by atoms with Gasteiger partial charge in [-0.15, -0.1) is 0 Å². The molecular weight excluding hydrogens is 470 g/mol. The zero-order valence-corrected chi connectivity index (χ0v) is 21.9. The maximum Gasteiger partial charge on any atom is 0.258 e. The van der Waals surface area contributed by atoms with Crippen molar-refractivity contribution in [1.82, 2.24) is 19.6 Å². The van der Waals surface area contributed by atoms with Gasteiger partial charge in [-0.1, -0.05) is 0 Å². The number of amides is 3. The van der Waals surface area contributed by atoms with E-state index in [1.807, 2.05) is 33.5 Å². The fraction of sp³-hybridized carbons (Fsp3) is 0.556. The van der Waals surface area contributed by atoms with Gasteiger partial charge in [0.05, 0.1) is 34.7 Å². The summed E-state index contributed by atoms with van der Waals surface area (Å²) in [5.74, 6) is -0.175. The van der Waals surface area contributed by atoms with Gasteiger partial charge in [0.2, 0.25) is 5.91 Å². The summed E-state index contributed by atoms with van der Waals surface area (Å²) < 4.78 is 1.85. The SMILES string of the molecule is Cc1nn(-c2ccc(C(N)=O)c(NC3CCN(CC(N)=O)CC3)c2)c2c1C(=O)N(CC1CC1)C(C)(C)C2. The molecule has 5 rings (SSSR count). The molecule has 2 aliphatic heterocycles. The molecule has 198 valence electrons. The van der Waals surface area contributed by atoms with Gasteiger partial charge in [0.15, 0.2) is 0 Å². The Balaban J connectivity index is 1.43. The second-order valence-corrected chi connectivity index (χ2v) is 11.4. The number of nitrogens with zero attached hydrogens (tertiary/aromatic N) is 4. The lowest BCUT2D eigenvalue weighted by Crippen LogP contribution is -2.53. The van der Waals surface area contributed by atoms with Gasteiger partial charge in [-0.25, -0.2) is 4.68 Å². The summed E-state index contributed by atoms with van der Waals surface area (Å²) in [6, 6.07) is 5.58. The minimum Gasteiger partial charge on any atom is -0.382 e. The third kappa shape index (κ3) is 5.07. The number of hydrogen-bond acceptors (Lipinski definition) is 6. The van der Waals surface area contributed by atoms with Crippen LogP contribution in [0.1, 0.15) is 71.6 Å². The maximum atomic E-state index is 13.6. The number of benzene rings is 1. The van der Waals surface area contributed by atoms with Crippen molar-refractivity contribution in [2.45, 2.75) is 64.5 Å². The number of likely N-dealkylation sites (tertiary alicyclic amines) is 1. The van der Waals surface area contributed by atoms with Crippen molar-refractivity contribution < 1.29 is 14.4 Å². The van der Waals surface area contributed by atoms with Crippen LogP contribution in [-0.2, 0) is 11.2 Å². The van der Waals surface area contributed by atoms with Gasteiger partial charge < -0.3 is 21.7 Å². The number of anilines is 1. The quantitative estimate of drug-likeness (QED) is 0.498. The van der Waals surface area contributed by atoms with Crippen molar-refractivity contribution >= 4 is 23.4 Å². The molecule has 1 saturated carbocycles. The summed E-state index contributed by atoms with van der Waals surface area (Å²) in [6.07, 6.45) is 4.70. The van der Waals surface area contributed by atoms with Gasteiger partial charge in [0, 0.05) is 43.3 Å². The van der Waals surface area contributed by atoms with Crippen LogP contribution in [-0.4, -0.2) is 75.1 Å². The van der Waals surface area contributed by atoms with Crippen molar-refractivity contribution in [3.05, 3.63) is 40.7 Å². The number of nitrogens with two attached hydrogens (primary N) is 2. The van der Waals surface area contributed by atoms with E-state index in [1.54, 1.807) is 6.07 Å². The second-order valence-electron chi connectivity index (χ2n) is 11.4. The van der Waals surface area contributed by atoms with Crippen LogP contribution in [0.2, 0.25) is 0 Å². The van der Waals surface area contributed by atoms with E-state index >= 15 is 0 Å². The highest BCUT2D eigenvalue weighted by Crippen LogP contribution is 2.38. The molecule has 1 aromatic heterocycles. The van der Waals surface area contributed by atoms with Crippen molar-refractivity contribution in [2.75, 3.05) is 31.5 Å². The first kappa shape index (κ1) is 25.3. The van der Waals surface area contributed by atoms with Crippen molar-refractivity contribution in [1.29, 1.82) is 0 Å². The van der Waals surface area contributed by atoms with Crippen LogP contribution < -0.4 is 16.8 Å². The summed E-state index contributed by atoms with van der Waals surface area (Å²) in [7, 11) is 0. The van der Waals surface area contributed by atoms with Crippen LogP contribution in [0.4, 0.5) is 5.69 Å². The van der Waals surface area contributed by atoms with E-state index in [4.69, 9.17) is 16.6 Å². The Morgan fingerprint density at radius 2 is 1.84 bits per heavy atom. The van der Waals surface area contributed by atoms with E-state index in [9.17, 15) is 14.4 Å². The molecule has 3 amide bonds. The van der Waals surface area contributed by atoms with Gasteiger partial charge in [-0.3, -0.25) is 19.3 Å². The van der Waals surface area contributed by atoms with E-state index in [1.165, 1.54) is 12.8 Å². The minimum absolute atomic E-state index is 0.0525. The van der Waals surface area contributed by atoms with Crippen LogP contribution in [0.25, 0.3) is 5.69 Å². The summed E-state index contributed by atoms with van der Waals surface area (Å²) >= 11 is 0. The lowest BCUT2D eigenvalue weighted by Gasteiger charge is -2.42. The molecule has 37 heavy (non-hydrogen) atoms. The Bertz CT molecular complexity index is 1240. The van der Waals surface area contributed by atoms with Gasteiger partial charge in [-0.2, -0.15) is 5.10 Å². The van der Waals surface area contributed by atoms with Crippen molar-refractivity contribution in [2.24, 2.45) is 17.4 Å². The average Bonchev–Trinajstić information content (AvgIpc) is 3.59. The molecule has 1 aromatic carbocycles. The van der Waals surface area contributed by atoms with Crippen LogP contribution in [0.3, 0.4) is 0 Å². The first-order chi connectivity index (χ1) is 17.5. The maximum absolute atomic E-state index is 13.6. The number of aryl methyl sites for hydroxylation is 1. The molecule has 1 saturated heterocycles. The standard InChI is InChI=1S/C27H37N7O3/c1-16-24-22(13-27(2,3)33(26(24)37)14-17-4-5-17)34(31-16)19-6-7-20(25(29)36)21(12-19)30-18-8-10-32(11-9-18)15-23(28)35/h6-7,12,17-18,30H,4-5,8-11,13-15H2,1-3H3,(H2,28,35)(H2,29,36). The van der Waals surface area contributed by atoms with E-state index < -0.39 is 5.91 Å². The molecule has 3 heterocycles. The molecular formula is C27H37N7O3. The van der Waals surface area contributed by atoms with E-state index in [2.05, 4.69) is 19.2 Å². The van der Waals surface area contributed by atoms with Gasteiger partial charge in [0.25, 0.3) is 11.8 Å². The van der Waals surface area contributed by atoms with E-state index in [0.717, 1.165) is 43.9 Å². The van der Waals surface area contributed by atoms with Gasteiger partial charge >= 0.3 is 0 Å². The van der Waals surface area contributed by atoms with Crippen LogP contribution in [0.15, 0.2) is 18.2 Å². The molecule has 3 aliphatic rings. The lowest BCUT2D eigenvalue weighted by molar-refractivity contribution is -0.119. The first-order valence-electron chi connectivity index (χ1n) is 13.2.